The van der Waals surface area contributed by atoms with Crippen molar-refractivity contribution < 1.29 is 23.8 Å². The second-order valence-electron chi connectivity index (χ2n) is 10.7. The van der Waals surface area contributed by atoms with Crippen molar-refractivity contribution in [3.05, 3.63) is 52.3 Å². The van der Waals surface area contributed by atoms with Crippen molar-refractivity contribution in [1.29, 1.82) is 0 Å². The summed E-state index contributed by atoms with van der Waals surface area (Å²) < 4.78 is 16.4. The maximum atomic E-state index is 12.7. The van der Waals surface area contributed by atoms with Crippen LogP contribution in [-0.2, 0) is 28.9 Å². The predicted molar refractivity (Wildman–Crippen MR) is 138 cm³/mol. The SMILES string of the molecule is CCc1c(C(=O)OC(C)(C)C)[nH]c(CNCCCCc2ccc(OC(C)(C)C)cc2)c1C(=O)OC. The van der Waals surface area contributed by atoms with Crippen LogP contribution in [-0.4, -0.2) is 41.8 Å². The Morgan fingerprint density at radius 2 is 1.60 bits per heavy atom. The number of carbonyl (C=O) groups is 2. The molecule has 194 valence electrons. The van der Waals surface area contributed by atoms with Gasteiger partial charge in [-0.15, -0.1) is 0 Å². The third-order valence-corrected chi connectivity index (χ3v) is 5.25. The topological polar surface area (TPSA) is 89.7 Å². The number of benzene rings is 1. The first-order chi connectivity index (χ1) is 16.3. The second-order valence-corrected chi connectivity index (χ2v) is 10.7. The number of methoxy groups -OCH3 is 1. The number of hydrogen-bond acceptors (Lipinski definition) is 6. The smallest absolute Gasteiger partial charge is 0.355 e. The van der Waals surface area contributed by atoms with E-state index in [2.05, 4.69) is 22.4 Å². The van der Waals surface area contributed by atoms with E-state index in [-0.39, 0.29) is 5.60 Å². The van der Waals surface area contributed by atoms with Gasteiger partial charge in [0.05, 0.1) is 12.7 Å². The number of aromatic nitrogens is 1. The van der Waals surface area contributed by atoms with Crippen LogP contribution in [0.15, 0.2) is 24.3 Å². The average Bonchev–Trinajstić information content (AvgIpc) is 3.13. The lowest BCUT2D eigenvalue weighted by Gasteiger charge is -2.21. The zero-order valence-corrected chi connectivity index (χ0v) is 22.6. The molecule has 0 radical (unpaired) electrons. The molecular weight excluding hydrogens is 444 g/mol. The number of rotatable bonds is 11. The minimum atomic E-state index is -0.628. The van der Waals surface area contributed by atoms with Gasteiger partial charge in [0.25, 0.3) is 0 Å². The van der Waals surface area contributed by atoms with Crippen molar-refractivity contribution in [2.45, 2.75) is 91.9 Å². The molecule has 0 aliphatic rings. The first-order valence-electron chi connectivity index (χ1n) is 12.4. The van der Waals surface area contributed by atoms with E-state index in [4.69, 9.17) is 14.2 Å². The molecule has 1 aromatic heterocycles. The molecule has 0 saturated carbocycles. The van der Waals surface area contributed by atoms with Crippen LogP contribution in [0.5, 0.6) is 5.75 Å². The van der Waals surface area contributed by atoms with E-state index < -0.39 is 17.5 Å². The summed E-state index contributed by atoms with van der Waals surface area (Å²) in [7, 11) is 1.35. The van der Waals surface area contributed by atoms with Gasteiger partial charge >= 0.3 is 11.9 Å². The van der Waals surface area contributed by atoms with E-state index in [1.807, 2.05) is 60.6 Å². The Labute approximate surface area is 209 Å². The van der Waals surface area contributed by atoms with Gasteiger partial charge in [-0.3, -0.25) is 0 Å². The molecule has 0 fully saturated rings. The Morgan fingerprint density at radius 1 is 0.943 bits per heavy atom. The third kappa shape index (κ3) is 9.06. The van der Waals surface area contributed by atoms with E-state index in [1.54, 1.807) is 0 Å². The lowest BCUT2D eigenvalue weighted by Crippen LogP contribution is -2.24. The Kier molecular flexibility index (Phi) is 9.95. The number of carbonyl (C=O) groups excluding carboxylic acids is 2. The van der Waals surface area contributed by atoms with Gasteiger partial charge in [0.1, 0.15) is 22.6 Å². The average molecular weight is 487 g/mol. The van der Waals surface area contributed by atoms with Crippen molar-refractivity contribution in [3.63, 3.8) is 0 Å². The Hall–Kier alpha value is -2.80. The van der Waals surface area contributed by atoms with Gasteiger partial charge in [0.15, 0.2) is 0 Å². The molecule has 35 heavy (non-hydrogen) atoms. The molecule has 7 heteroatoms. The maximum Gasteiger partial charge on any atom is 0.355 e. The molecule has 1 aromatic carbocycles. The van der Waals surface area contributed by atoms with Gasteiger partial charge in [-0.1, -0.05) is 19.1 Å². The second kappa shape index (κ2) is 12.2. The minimum Gasteiger partial charge on any atom is -0.488 e. The molecule has 7 nitrogen and oxygen atoms in total. The number of ether oxygens (including phenoxy) is 3. The molecule has 0 saturated heterocycles. The minimum absolute atomic E-state index is 0.203. The number of esters is 2. The summed E-state index contributed by atoms with van der Waals surface area (Å²) in [6.45, 7) is 14.7. The first-order valence-corrected chi connectivity index (χ1v) is 12.4. The van der Waals surface area contributed by atoms with E-state index >= 15 is 0 Å². The molecule has 1 heterocycles. The first kappa shape index (κ1) is 28.4. The van der Waals surface area contributed by atoms with Gasteiger partial charge in [-0.25, -0.2) is 9.59 Å². The molecule has 0 amide bonds. The van der Waals surface area contributed by atoms with Crippen LogP contribution >= 0.6 is 0 Å². The number of unbranched alkanes of at least 4 members (excludes halogenated alkanes) is 1. The Bertz CT molecular complexity index is 979. The summed E-state index contributed by atoms with van der Waals surface area (Å²) in [6, 6.07) is 8.26. The highest BCUT2D eigenvalue weighted by atomic mass is 16.6. The number of aromatic amines is 1. The van der Waals surface area contributed by atoms with Gasteiger partial charge in [0, 0.05) is 12.2 Å². The monoisotopic (exact) mass is 486 g/mol. The molecular formula is C28H42N2O5. The van der Waals surface area contributed by atoms with Crippen LogP contribution in [0.2, 0.25) is 0 Å². The molecule has 0 unspecified atom stereocenters. The van der Waals surface area contributed by atoms with E-state index in [0.717, 1.165) is 31.6 Å². The van der Waals surface area contributed by atoms with Crippen LogP contribution in [0, 0.1) is 0 Å². The van der Waals surface area contributed by atoms with Crippen LogP contribution in [0.3, 0.4) is 0 Å². The fraction of sp³-hybridized carbons (Fsp3) is 0.571. The van der Waals surface area contributed by atoms with Gasteiger partial charge in [-0.2, -0.15) is 0 Å². The maximum absolute atomic E-state index is 12.7. The van der Waals surface area contributed by atoms with Gasteiger partial charge in [0.2, 0.25) is 0 Å². The Balaban J connectivity index is 1.93. The number of H-pyrrole nitrogens is 1. The van der Waals surface area contributed by atoms with Crippen molar-refractivity contribution in [3.8, 4) is 5.75 Å². The van der Waals surface area contributed by atoms with E-state index in [9.17, 15) is 9.59 Å². The standard InChI is InChI=1S/C28H42N2O5/c1-9-21-23(25(31)33-8)22(30-24(21)26(32)35-28(5,6)7)18-29-17-11-10-12-19-13-15-20(16-14-19)34-27(2,3)4/h13-16,29-30H,9-12,17-18H2,1-8H3. The van der Waals surface area contributed by atoms with Crippen molar-refractivity contribution in [1.82, 2.24) is 10.3 Å². The molecule has 0 spiro atoms. The molecule has 0 atom stereocenters. The zero-order chi connectivity index (χ0) is 26.2. The fourth-order valence-corrected chi connectivity index (χ4v) is 3.80. The van der Waals surface area contributed by atoms with Gasteiger partial charge in [-0.05, 0) is 97.0 Å². The van der Waals surface area contributed by atoms with Crippen LogP contribution in [0.25, 0.3) is 0 Å². The predicted octanol–water partition coefficient (Wildman–Crippen LogP) is 5.61. The largest absolute Gasteiger partial charge is 0.488 e. The highest BCUT2D eigenvalue weighted by Crippen LogP contribution is 2.24. The molecule has 0 bridgehead atoms. The highest BCUT2D eigenvalue weighted by Gasteiger charge is 2.28. The highest BCUT2D eigenvalue weighted by molar-refractivity contribution is 5.98. The summed E-state index contributed by atoms with van der Waals surface area (Å²) in [6.07, 6.45) is 3.50. The summed E-state index contributed by atoms with van der Waals surface area (Å²) in [5, 5.41) is 3.38. The lowest BCUT2D eigenvalue weighted by molar-refractivity contribution is 0.00621. The van der Waals surface area contributed by atoms with E-state index in [0.29, 0.717) is 35.5 Å². The summed E-state index contributed by atoms with van der Waals surface area (Å²) >= 11 is 0. The summed E-state index contributed by atoms with van der Waals surface area (Å²) in [5.74, 6) is -0.0410. The molecule has 0 aliphatic carbocycles. The molecule has 2 rings (SSSR count). The molecule has 0 aliphatic heterocycles. The molecule has 2 aromatic rings. The van der Waals surface area contributed by atoms with Crippen molar-refractivity contribution in [2.24, 2.45) is 0 Å². The number of aryl methyl sites for hydroxylation is 1. The van der Waals surface area contributed by atoms with Crippen molar-refractivity contribution in [2.75, 3.05) is 13.7 Å². The quantitative estimate of drug-likeness (QED) is 0.317. The normalized spacial score (nSPS) is 11.9. The van der Waals surface area contributed by atoms with E-state index in [1.165, 1.54) is 12.7 Å². The Morgan fingerprint density at radius 3 is 2.14 bits per heavy atom. The number of nitrogens with one attached hydrogen (secondary N) is 2. The van der Waals surface area contributed by atoms with Crippen LogP contribution in [0.4, 0.5) is 0 Å². The molecule has 2 N–H and O–H groups in total. The third-order valence-electron chi connectivity index (χ3n) is 5.25. The zero-order valence-electron chi connectivity index (χ0n) is 22.6. The lowest BCUT2D eigenvalue weighted by atomic mass is 10.1. The summed E-state index contributed by atoms with van der Waals surface area (Å²) in [4.78, 5) is 28.3. The van der Waals surface area contributed by atoms with Gasteiger partial charge < -0.3 is 24.5 Å². The van der Waals surface area contributed by atoms with Crippen molar-refractivity contribution >= 4 is 11.9 Å². The number of hydrogen-bond donors (Lipinski definition) is 2. The summed E-state index contributed by atoms with van der Waals surface area (Å²) in [5.41, 5.74) is 2.45. The fourth-order valence-electron chi connectivity index (χ4n) is 3.80. The van der Waals surface area contributed by atoms with Crippen LogP contribution in [0.1, 0.15) is 99.0 Å². The van der Waals surface area contributed by atoms with Crippen LogP contribution < -0.4 is 10.1 Å².